The molecule has 0 aliphatic heterocycles. The molecule has 2 heterocycles. The molecular formula is C10H12IN3O. The quantitative estimate of drug-likeness (QED) is 0.876. The molecule has 0 aliphatic carbocycles. The highest BCUT2D eigenvalue weighted by Gasteiger charge is 2.01. The van der Waals surface area contributed by atoms with Gasteiger partial charge in [-0.1, -0.05) is 0 Å². The Balaban J connectivity index is 1.83. The second-order valence-corrected chi connectivity index (χ2v) is 4.33. The number of rotatable bonds is 4. The van der Waals surface area contributed by atoms with Gasteiger partial charge < -0.3 is 14.3 Å². The van der Waals surface area contributed by atoms with Crippen molar-refractivity contribution >= 4 is 22.6 Å². The van der Waals surface area contributed by atoms with Crippen molar-refractivity contribution < 1.29 is 4.42 Å². The Bertz CT molecular complexity index is 435. The van der Waals surface area contributed by atoms with Gasteiger partial charge in [0.2, 0.25) is 0 Å². The Labute approximate surface area is 102 Å². The van der Waals surface area contributed by atoms with Crippen molar-refractivity contribution in [2.45, 2.75) is 13.1 Å². The summed E-state index contributed by atoms with van der Waals surface area (Å²) in [6, 6.07) is 3.94. The van der Waals surface area contributed by atoms with E-state index in [2.05, 4.69) is 32.9 Å². The predicted octanol–water partition coefficient (Wildman–Crippen LogP) is 1.91. The molecule has 0 radical (unpaired) electrons. The molecule has 0 atom stereocenters. The lowest BCUT2D eigenvalue weighted by Gasteiger charge is -2.02. The summed E-state index contributed by atoms with van der Waals surface area (Å²) >= 11 is 2.16. The third-order valence-corrected chi connectivity index (χ3v) is 2.71. The number of nitrogens with one attached hydrogen (secondary N) is 1. The molecule has 2 rings (SSSR count). The molecule has 0 amide bonds. The summed E-state index contributed by atoms with van der Waals surface area (Å²) in [6.07, 6.45) is 3.74. The van der Waals surface area contributed by atoms with Crippen LogP contribution in [0.3, 0.4) is 0 Å². The van der Waals surface area contributed by atoms with Gasteiger partial charge in [0.25, 0.3) is 0 Å². The highest BCUT2D eigenvalue weighted by atomic mass is 127. The van der Waals surface area contributed by atoms with E-state index in [0.29, 0.717) is 0 Å². The lowest BCUT2D eigenvalue weighted by atomic mass is 10.4. The number of furan rings is 1. The molecule has 15 heavy (non-hydrogen) atoms. The molecule has 0 bridgehead atoms. The van der Waals surface area contributed by atoms with E-state index in [-0.39, 0.29) is 0 Å². The summed E-state index contributed by atoms with van der Waals surface area (Å²) in [5.74, 6) is 1.98. The number of halogens is 1. The summed E-state index contributed by atoms with van der Waals surface area (Å²) in [4.78, 5) is 4.22. The minimum absolute atomic E-state index is 0.732. The molecule has 4 nitrogen and oxygen atoms in total. The first-order chi connectivity index (χ1) is 7.25. The van der Waals surface area contributed by atoms with Crippen LogP contribution in [0.25, 0.3) is 0 Å². The van der Waals surface area contributed by atoms with Crippen molar-refractivity contribution in [2.75, 3.05) is 0 Å². The van der Waals surface area contributed by atoms with Crippen LogP contribution < -0.4 is 5.32 Å². The van der Waals surface area contributed by atoms with Crippen LogP contribution >= 0.6 is 22.6 Å². The molecule has 0 aromatic carbocycles. The molecule has 0 spiro atoms. The van der Waals surface area contributed by atoms with Gasteiger partial charge >= 0.3 is 0 Å². The zero-order valence-electron chi connectivity index (χ0n) is 8.40. The van der Waals surface area contributed by atoms with Gasteiger partial charge in [0.05, 0.1) is 13.1 Å². The molecule has 2 aromatic rings. The number of hydrogen-bond acceptors (Lipinski definition) is 3. The number of imidazole rings is 1. The third kappa shape index (κ3) is 2.82. The van der Waals surface area contributed by atoms with Crippen molar-refractivity contribution in [3.8, 4) is 0 Å². The lowest BCUT2D eigenvalue weighted by molar-refractivity contribution is 0.459. The Hall–Kier alpha value is -0.820. The van der Waals surface area contributed by atoms with E-state index in [1.54, 1.807) is 6.20 Å². The van der Waals surface area contributed by atoms with Crippen LogP contribution in [0, 0.1) is 3.77 Å². The summed E-state index contributed by atoms with van der Waals surface area (Å²) in [5.41, 5.74) is 0. The predicted molar refractivity (Wildman–Crippen MR) is 65.2 cm³/mol. The fraction of sp³-hybridized carbons (Fsp3) is 0.300. The number of aryl methyl sites for hydroxylation is 1. The summed E-state index contributed by atoms with van der Waals surface area (Å²) < 4.78 is 8.35. The van der Waals surface area contributed by atoms with Crippen molar-refractivity contribution in [1.82, 2.24) is 14.9 Å². The molecule has 0 fully saturated rings. The first kappa shape index (κ1) is 10.7. The van der Waals surface area contributed by atoms with Gasteiger partial charge in [-0.25, -0.2) is 4.98 Å². The molecule has 0 aliphatic rings. The van der Waals surface area contributed by atoms with Gasteiger partial charge in [0, 0.05) is 19.4 Å². The van der Waals surface area contributed by atoms with Gasteiger partial charge in [-0.15, -0.1) is 0 Å². The number of nitrogens with zero attached hydrogens (tertiary/aromatic N) is 2. The fourth-order valence-electron chi connectivity index (χ4n) is 1.31. The van der Waals surface area contributed by atoms with Crippen LogP contribution in [0.5, 0.6) is 0 Å². The molecule has 2 aromatic heterocycles. The maximum atomic E-state index is 5.43. The van der Waals surface area contributed by atoms with Crippen LogP contribution in [0.2, 0.25) is 0 Å². The van der Waals surface area contributed by atoms with Crippen LogP contribution in [0.15, 0.2) is 28.9 Å². The Morgan fingerprint density at radius 3 is 2.93 bits per heavy atom. The first-order valence-electron chi connectivity index (χ1n) is 4.67. The maximum absolute atomic E-state index is 5.43. The standard InChI is InChI=1S/C10H12IN3O/c1-14-5-4-13-10(14)7-12-6-8-2-3-9(11)15-8/h2-5,12H,6-7H2,1H3. The fourth-order valence-corrected chi connectivity index (χ4v) is 1.77. The van der Waals surface area contributed by atoms with E-state index >= 15 is 0 Å². The molecule has 1 N–H and O–H groups in total. The van der Waals surface area contributed by atoms with Gasteiger partial charge in [-0.3, -0.25) is 0 Å². The van der Waals surface area contributed by atoms with Gasteiger partial charge in [0.1, 0.15) is 11.6 Å². The Morgan fingerprint density at radius 2 is 2.33 bits per heavy atom. The largest absolute Gasteiger partial charge is 0.454 e. The van der Waals surface area contributed by atoms with Crippen LogP contribution in [0.1, 0.15) is 11.6 Å². The highest BCUT2D eigenvalue weighted by Crippen LogP contribution is 2.09. The highest BCUT2D eigenvalue weighted by molar-refractivity contribution is 14.1. The molecule has 0 saturated heterocycles. The number of aromatic nitrogens is 2. The molecule has 80 valence electrons. The smallest absolute Gasteiger partial charge is 0.164 e. The zero-order valence-corrected chi connectivity index (χ0v) is 10.6. The van der Waals surface area contributed by atoms with Crippen LogP contribution in [-0.2, 0) is 20.1 Å². The average molecular weight is 317 g/mol. The normalized spacial score (nSPS) is 10.8. The van der Waals surface area contributed by atoms with E-state index < -0.39 is 0 Å². The second kappa shape index (κ2) is 4.80. The van der Waals surface area contributed by atoms with Crippen LogP contribution in [0.4, 0.5) is 0 Å². The van der Waals surface area contributed by atoms with E-state index in [1.807, 2.05) is 29.9 Å². The topological polar surface area (TPSA) is 43.0 Å². The van der Waals surface area contributed by atoms with Crippen molar-refractivity contribution in [1.29, 1.82) is 0 Å². The second-order valence-electron chi connectivity index (χ2n) is 3.26. The molecule has 0 saturated carbocycles. The third-order valence-electron chi connectivity index (χ3n) is 2.13. The Morgan fingerprint density at radius 1 is 1.47 bits per heavy atom. The minimum atomic E-state index is 0.732. The van der Waals surface area contributed by atoms with Gasteiger partial charge in [-0.2, -0.15) is 0 Å². The summed E-state index contributed by atoms with van der Waals surface area (Å²) in [6.45, 7) is 1.48. The van der Waals surface area contributed by atoms with Gasteiger partial charge in [0.15, 0.2) is 3.77 Å². The van der Waals surface area contributed by atoms with Gasteiger partial charge in [-0.05, 0) is 34.7 Å². The van der Waals surface area contributed by atoms with E-state index in [0.717, 1.165) is 28.4 Å². The van der Waals surface area contributed by atoms with E-state index in [9.17, 15) is 0 Å². The average Bonchev–Trinajstić information content (AvgIpc) is 2.77. The van der Waals surface area contributed by atoms with Crippen molar-refractivity contribution in [3.63, 3.8) is 0 Å². The van der Waals surface area contributed by atoms with Crippen molar-refractivity contribution in [2.24, 2.45) is 7.05 Å². The summed E-state index contributed by atoms with van der Waals surface area (Å²) in [7, 11) is 1.99. The minimum Gasteiger partial charge on any atom is -0.454 e. The maximum Gasteiger partial charge on any atom is 0.164 e. The monoisotopic (exact) mass is 317 g/mol. The zero-order chi connectivity index (χ0) is 10.7. The molecule has 0 unspecified atom stereocenters. The number of hydrogen-bond donors (Lipinski definition) is 1. The van der Waals surface area contributed by atoms with Crippen LogP contribution in [-0.4, -0.2) is 9.55 Å². The van der Waals surface area contributed by atoms with E-state index in [4.69, 9.17) is 4.42 Å². The molecule has 5 heteroatoms. The summed E-state index contributed by atoms with van der Waals surface area (Å²) in [5, 5.41) is 3.28. The SMILES string of the molecule is Cn1ccnc1CNCc1ccc(I)o1. The van der Waals surface area contributed by atoms with E-state index in [1.165, 1.54) is 0 Å². The first-order valence-corrected chi connectivity index (χ1v) is 5.75. The van der Waals surface area contributed by atoms with Crippen molar-refractivity contribution in [3.05, 3.63) is 39.9 Å². The molecular weight excluding hydrogens is 305 g/mol. The Kier molecular flexibility index (Phi) is 3.42. The lowest BCUT2D eigenvalue weighted by Crippen LogP contribution is -2.15.